The van der Waals surface area contributed by atoms with E-state index in [0.29, 0.717) is 0 Å². The maximum Gasteiger partial charge on any atom is 0.254 e. The van der Waals surface area contributed by atoms with Gasteiger partial charge in [0.1, 0.15) is 5.82 Å². The van der Waals surface area contributed by atoms with Gasteiger partial charge < -0.3 is 4.98 Å². The molecule has 1 aromatic heterocycles. The first-order valence-corrected chi connectivity index (χ1v) is 8.23. The summed E-state index contributed by atoms with van der Waals surface area (Å²) in [6, 6.07) is 8.65. The van der Waals surface area contributed by atoms with Crippen LogP contribution in [0.5, 0.6) is 0 Å². The Hall–Kier alpha value is -1.94. The summed E-state index contributed by atoms with van der Waals surface area (Å²) in [5.41, 5.74) is 4.28. The van der Waals surface area contributed by atoms with Crippen LogP contribution in [-0.2, 0) is 24.9 Å². The highest BCUT2D eigenvalue weighted by Gasteiger charge is 2.24. The Kier molecular flexibility index (Phi) is 4.11. The van der Waals surface area contributed by atoms with Crippen LogP contribution in [0.3, 0.4) is 0 Å². The third-order valence-corrected chi connectivity index (χ3v) is 4.39. The summed E-state index contributed by atoms with van der Waals surface area (Å²) in [5.74, 6) is 0.776. The number of nitrogens with zero attached hydrogens (tertiary/aromatic N) is 2. The van der Waals surface area contributed by atoms with Crippen molar-refractivity contribution in [3.05, 3.63) is 62.8 Å². The molecule has 0 spiro atoms. The first-order chi connectivity index (χ1) is 10.8. The summed E-state index contributed by atoms with van der Waals surface area (Å²) in [6.45, 7) is 10.9. The maximum absolute atomic E-state index is 12.3. The van der Waals surface area contributed by atoms with Gasteiger partial charge in [-0.1, -0.05) is 50.6 Å². The van der Waals surface area contributed by atoms with E-state index in [1.165, 1.54) is 11.1 Å². The molecular formula is C19H25N3O. The van der Waals surface area contributed by atoms with E-state index >= 15 is 0 Å². The fourth-order valence-corrected chi connectivity index (χ4v) is 2.94. The highest BCUT2D eigenvalue weighted by molar-refractivity contribution is 5.24. The van der Waals surface area contributed by atoms with E-state index < -0.39 is 0 Å². The number of benzene rings is 1. The maximum atomic E-state index is 12.3. The fraction of sp³-hybridized carbons (Fsp3) is 0.474. The monoisotopic (exact) mass is 311 g/mol. The van der Waals surface area contributed by atoms with E-state index in [-0.39, 0.29) is 11.0 Å². The molecule has 0 radical (unpaired) electrons. The van der Waals surface area contributed by atoms with Gasteiger partial charge in [-0.15, -0.1) is 0 Å². The summed E-state index contributed by atoms with van der Waals surface area (Å²) in [7, 11) is 0. The number of aryl methyl sites for hydroxylation is 1. The smallest absolute Gasteiger partial charge is 0.254 e. The molecule has 0 amide bonds. The SMILES string of the molecule is Cc1ccc(CN2CCc3c(nc(C(C)(C)C)[nH]c3=O)C2)cc1. The van der Waals surface area contributed by atoms with Crippen LogP contribution in [0.25, 0.3) is 0 Å². The molecule has 23 heavy (non-hydrogen) atoms. The van der Waals surface area contributed by atoms with Crippen molar-refractivity contribution in [2.75, 3.05) is 6.54 Å². The van der Waals surface area contributed by atoms with Gasteiger partial charge >= 0.3 is 0 Å². The summed E-state index contributed by atoms with van der Waals surface area (Å²) in [4.78, 5) is 22.4. The molecule has 122 valence electrons. The Morgan fingerprint density at radius 1 is 1.22 bits per heavy atom. The molecule has 0 bridgehead atoms. The Bertz CT molecular complexity index is 754. The van der Waals surface area contributed by atoms with Gasteiger partial charge in [0.2, 0.25) is 0 Å². The van der Waals surface area contributed by atoms with Gasteiger partial charge in [0.15, 0.2) is 0 Å². The summed E-state index contributed by atoms with van der Waals surface area (Å²) in [5, 5.41) is 0. The number of H-pyrrole nitrogens is 1. The fourth-order valence-electron chi connectivity index (χ4n) is 2.94. The second-order valence-electron chi connectivity index (χ2n) is 7.54. The lowest BCUT2D eigenvalue weighted by atomic mass is 9.95. The quantitative estimate of drug-likeness (QED) is 0.927. The van der Waals surface area contributed by atoms with Crippen LogP contribution < -0.4 is 5.56 Å². The van der Waals surface area contributed by atoms with Crippen LogP contribution in [0.2, 0.25) is 0 Å². The minimum atomic E-state index is -0.145. The lowest BCUT2D eigenvalue weighted by Gasteiger charge is -2.29. The van der Waals surface area contributed by atoms with Crippen molar-refractivity contribution in [3.63, 3.8) is 0 Å². The van der Waals surface area contributed by atoms with E-state index in [0.717, 1.165) is 43.1 Å². The van der Waals surface area contributed by atoms with Gasteiger partial charge in [-0.2, -0.15) is 0 Å². The molecule has 3 rings (SSSR count). The minimum Gasteiger partial charge on any atom is -0.310 e. The minimum absolute atomic E-state index is 0.0370. The molecule has 4 heteroatoms. The molecule has 2 heterocycles. The molecule has 1 aromatic carbocycles. The van der Waals surface area contributed by atoms with E-state index in [2.05, 4.69) is 61.8 Å². The lowest BCUT2D eigenvalue weighted by molar-refractivity contribution is 0.239. The molecular weight excluding hydrogens is 286 g/mol. The molecule has 0 saturated heterocycles. The molecule has 0 atom stereocenters. The van der Waals surface area contributed by atoms with E-state index in [9.17, 15) is 4.79 Å². The van der Waals surface area contributed by atoms with Crippen molar-refractivity contribution in [1.82, 2.24) is 14.9 Å². The average molecular weight is 311 g/mol. The van der Waals surface area contributed by atoms with Gasteiger partial charge in [-0.25, -0.2) is 4.98 Å². The lowest BCUT2D eigenvalue weighted by Crippen LogP contribution is -2.36. The van der Waals surface area contributed by atoms with Crippen LogP contribution >= 0.6 is 0 Å². The van der Waals surface area contributed by atoms with E-state index in [1.54, 1.807) is 0 Å². The van der Waals surface area contributed by atoms with Gasteiger partial charge in [0.25, 0.3) is 5.56 Å². The molecule has 2 aromatic rings. The Labute approximate surface area is 137 Å². The van der Waals surface area contributed by atoms with Crippen molar-refractivity contribution in [2.24, 2.45) is 0 Å². The molecule has 0 unspecified atom stereocenters. The standard InChI is InChI=1S/C19H25N3O/c1-13-5-7-14(8-6-13)11-22-10-9-15-16(12-22)20-18(19(2,3)4)21-17(15)23/h5-8H,9-12H2,1-4H3,(H,20,21,23). The van der Waals surface area contributed by atoms with E-state index in [1.807, 2.05) is 0 Å². The number of hydrogen-bond donors (Lipinski definition) is 1. The van der Waals surface area contributed by atoms with Gasteiger partial charge in [-0.05, 0) is 18.9 Å². The Balaban J connectivity index is 1.83. The first kappa shape index (κ1) is 15.9. The van der Waals surface area contributed by atoms with Crippen LogP contribution in [0.4, 0.5) is 0 Å². The molecule has 0 aliphatic carbocycles. The number of fused-ring (bicyclic) bond motifs is 1. The summed E-state index contributed by atoms with van der Waals surface area (Å²) >= 11 is 0. The van der Waals surface area contributed by atoms with Crippen LogP contribution in [0.15, 0.2) is 29.1 Å². The van der Waals surface area contributed by atoms with Gasteiger partial charge in [0, 0.05) is 30.6 Å². The zero-order chi connectivity index (χ0) is 16.6. The molecule has 0 fully saturated rings. The number of rotatable bonds is 2. The first-order valence-electron chi connectivity index (χ1n) is 8.23. The van der Waals surface area contributed by atoms with Crippen LogP contribution in [0, 0.1) is 6.92 Å². The predicted octanol–water partition coefficient (Wildman–Crippen LogP) is 2.93. The molecule has 1 N–H and O–H groups in total. The van der Waals surface area contributed by atoms with Crippen LogP contribution in [0.1, 0.15) is 49.0 Å². The van der Waals surface area contributed by atoms with E-state index in [4.69, 9.17) is 4.98 Å². The number of hydrogen-bond acceptors (Lipinski definition) is 3. The number of nitrogens with one attached hydrogen (secondary N) is 1. The normalized spacial score (nSPS) is 15.5. The van der Waals surface area contributed by atoms with Crippen molar-refractivity contribution >= 4 is 0 Å². The second kappa shape index (κ2) is 5.93. The highest BCUT2D eigenvalue weighted by atomic mass is 16.1. The largest absolute Gasteiger partial charge is 0.310 e. The Morgan fingerprint density at radius 3 is 2.57 bits per heavy atom. The molecule has 1 aliphatic heterocycles. The summed E-state index contributed by atoms with van der Waals surface area (Å²) < 4.78 is 0. The average Bonchev–Trinajstić information content (AvgIpc) is 2.48. The summed E-state index contributed by atoms with van der Waals surface area (Å²) in [6.07, 6.45) is 0.772. The van der Waals surface area contributed by atoms with Crippen LogP contribution in [-0.4, -0.2) is 21.4 Å². The molecule has 0 saturated carbocycles. The van der Waals surface area contributed by atoms with Crippen molar-refractivity contribution in [3.8, 4) is 0 Å². The van der Waals surface area contributed by atoms with Gasteiger partial charge in [-0.3, -0.25) is 9.69 Å². The Morgan fingerprint density at radius 2 is 1.91 bits per heavy atom. The topological polar surface area (TPSA) is 49.0 Å². The van der Waals surface area contributed by atoms with Crippen molar-refractivity contribution < 1.29 is 0 Å². The second-order valence-corrected chi connectivity index (χ2v) is 7.54. The van der Waals surface area contributed by atoms with Gasteiger partial charge in [0.05, 0.1) is 5.69 Å². The molecule has 4 nitrogen and oxygen atoms in total. The van der Waals surface area contributed by atoms with Crippen molar-refractivity contribution in [2.45, 2.75) is 52.6 Å². The van der Waals surface area contributed by atoms with Crippen molar-refractivity contribution in [1.29, 1.82) is 0 Å². The predicted molar refractivity (Wildman–Crippen MR) is 92.6 cm³/mol. The third kappa shape index (κ3) is 3.53. The highest BCUT2D eigenvalue weighted by Crippen LogP contribution is 2.21. The zero-order valence-corrected chi connectivity index (χ0v) is 14.4. The third-order valence-electron chi connectivity index (χ3n) is 4.39. The number of aromatic amines is 1. The molecule has 1 aliphatic rings. The number of aromatic nitrogens is 2. The zero-order valence-electron chi connectivity index (χ0n) is 14.4.